The summed E-state index contributed by atoms with van der Waals surface area (Å²) in [6, 6.07) is 6.20. The molecule has 0 saturated carbocycles. The molecule has 1 fully saturated rings. The van der Waals surface area contributed by atoms with Gasteiger partial charge in [-0.15, -0.1) is 0 Å². The topological polar surface area (TPSA) is 75.7 Å². The summed E-state index contributed by atoms with van der Waals surface area (Å²) in [5, 5.41) is 2.69. The van der Waals surface area contributed by atoms with Gasteiger partial charge in [-0.25, -0.2) is 12.7 Å². The maximum Gasteiger partial charge on any atom is 0.253 e. The maximum absolute atomic E-state index is 12.0. The van der Waals surface area contributed by atoms with E-state index in [-0.39, 0.29) is 10.8 Å². The molecule has 1 N–H and O–H groups in total. The van der Waals surface area contributed by atoms with Crippen LogP contribution in [0.25, 0.3) is 0 Å². The molecule has 1 aliphatic rings. The number of sulfonamides is 1. The van der Waals surface area contributed by atoms with Gasteiger partial charge in [0.15, 0.2) is 0 Å². The first-order chi connectivity index (χ1) is 9.41. The molecule has 20 heavy (non-hydrogen) atoms. The van der Waals surface area contributed by atoms with E-state index >= 15 is 0 Å². The van der Waals surface area contributed by atoms with E-state index in [1.54, 1.807) is 12.1 Å². The molecule has 6 nitrogen and oxygen atoms in total. The number of hydrogen-bond donors (Lipinski definition) is 1. The van der Waals surface area contributed by atoms with Gasteiger partial charge in [0.25, 0.3) is 5.91 Å². The summed E-state index contributed by atoms with van der Waals surface area (Å²) in [6.07, 6.45) is 1.12. The summed E-state index contributed by atoms with van der Waals surface area (Å²) in [5.74, 6) is -0.234. The fourth-order valence-electron chi connectivity index (χ4n) is 1.95. The Morgan fingerprint density at radius 2 is 2.15 bits per heavy atom. The smallest absolute Gasteiger partial charge is 0.253 e. The van der Waals surface area contributed by atoms with Crippen LogP contribution in [0.3, 0.4) is 0 Å². The van der Waals surface area contributed by atoms with Gasteiger partial charge in [0.1, 0.15) is 6.10 Å². The Balaban J connectivity index is 2.16. The van der Waals surface area contributed by atoms with Crippen LogP contribution in [-0.4, -0.2) is 45.4 Å². The van der Waals surface area contributed by atoms with Gasteiger partial charge in [0.05, 0.1) is 4.90 Å². The lowest BCUT2D eigenvalue weighted by molar-refractivity contribution is -0.124. The highest BCUT2D eigenvalue weighted by atomic mass is 32.2. The molecular formula is C13H18N2O4S. The maximum atomic E-state index is 12.0. The van der Waals surface area contributed by atoms with Gasteiger partial charge in [-0.3, -0.25) is 4.79 Å². The Labute approximate surface area is 118 Å². The number of ether oxygens (including phenoxy) is 1. The fraction of sp³-hybridized carbons (Fsp3) is 0.462. The normalized spacial score (nSPS) is 19.2. The second-order valence-corrected chi connectivity index (χ2v) is 6.96. The van der Waals surface area contributed by atoms with Crippen LogP contribution in [0.2, 0.25) is 0 Å². The molecule has 0 aliphatic carbocycles. The third-order valence-electron chi connectivity index (χ3n) is 3.10. The largest absolute Gasteiger partial charge is 0.368 e. The molecule has 0 bridgehead atoms. The van der Waals surface area contributed by atoms with Crippen molar-refractivity contribution in [1.82, 2.24) is 4.31 Å². The van der Waals surface area contributed by atoms with Gasteiger partial charge in [-0.1, -0.05) is 6.07 Å². The molecule has 1 aromatic carbocycles. The molecule has 1 atom stereocenters. The van der Waals surface area contributed by atoms with Gasteiger partial charge in [0.2, 0.25) is 10.0 Å². The molecule has 1 heterocycles. The Kier molecular flexibility index (Phi) is 4.42. The predicted molar refractivity (Wildman–Crippen MR) is 74.9 cm³/mol. The zero-order chi connectivity index (χ0) is 14.8. The van der Waals surface area contributed by atoms with Crippen LogP contribution in [0.1, 0.15) is 12.8 Å². The molecule has 0 unspecified atom stereocenters. The van der Waals surface area contributed by atoms with Crippen LogP contribution < -0.4 is 5.32 Å². The summed E-state index contributed by atoms with van der Waals surface area (Å²) in [6.45, 7) is 0.590. The molecule has 110 valence electrons. The summed E-state index contributed by atoms with van der Waals surface area (Å²) in [5.41, 5.74) is 0.452. The predicted octanol–water partition coefficient (Wildman–Crippen LogP) is 1.05. The lowest BCUT2D eigenvalue weighted by Gasteiger charge is -2.14. The molecule has 1 aromatic rings. The molecule has 0 radical (unpaired) electrons. The SMILES string of the molecule is CN(C)S(=O)(=O)c1cccc(NC(=O)[C@@H]2CCCO2)c1. The molecule has 7 heteroatoms. The molecule has 1 amide bonds. The van der Waals surface area contributed by atoms with Crippen molar-refractivity contribution >= 4 is 21.6 Å². The molecule has 0 spiro atoms. The van der Waals surface area contributed by atoms with Gasteiger partial charge >= 0.3 is 0 Å². The molecule has 2 rings (SSSR count). The van der Waals surface area contributed by atoms with Gasteiger partial charge in [-0.2, -0.15) is 0 Å². The van der Waals surface area contributed by atoms with Crippen LogP contribution in [0.5, 0.6) is 0 Å². The fourth-order valence-corrected chi connectivity index (χ4v) is 2.90. The molecule has 0 aromatic heterocycles. The van der Waals surface area contributed by atoms with Crippen molar-refractivity contribution in [3.8, 4) is 0 Å². The molecule has 1 saturated heterocycles. The number of benzene rings is 1. The number of amides is 1. The zero-order valence-electron chi connectivity index (χ0n) is 11.5. The van der Waals surface area contributed by atoms with Crippen molar-refractivity contribution in [3.63, 3.8) is 0 Å². The zero-order valence-corrected chi connectivity index (χ0v) is 12.3. The minimum absolute atomic E-state index is 0.146. The standard InChI is InChI=1S/C13H18N2O4S/c1-15(2)20(17,18)11-6-3-5-10(9-11)14-13(16)12-7-4-8-19-12/h3,5-6,9,12H,4,7-8H2,1-2H3,(H,14,16)/t12-/m0/s1. The first-order valence-electron chi connectivity index (χ1n) is 6.36. The first-order valence-corrected chi connectivity index (χ1v) is 7.80. The molecular weight excluding hydrogens is 280 g/mol. The Bertz CT molecular complexity index is 592. The highest BCUT2D eigenvalue weighted by molar-refractivity contribution is 7.89. The number of nitrogens with one attached hydrogen (secondary N) is 1. The first kappa shape index (κ1) is 15.0. The van der Waals surface area contributed by atoms with E-state index in [0.29, 0.717) is 18.7 Å². The highest BCUT2D eigenvalue weighted by Gasteiger charge is 2.24. The third-order valence-corrected chi connectivity index (χ3v) is 4.91. The van der Waals surface area contributed by atoms with Gasteiger partial charge in [0, 0.05) is 26.4 Å². The van der Waals surface area contributed by atoms with E-state index in [1.165, 1.54) is 26.2 Å². The van der Waals surface area contributed by atoms with Crippen molar-refractivity contribution in [3.05, 3.63) is 24.3 Å². The van der Waals surface area contributed by atoms with E-state index in [4.69, 9.17) is 4.74 Å². The Hall–Kier alpha value is -1.44. The summed E-state index contributed by atoms with van der Waals surface area (Å²) < 4.78 is 30.4. The second kappa shape index (κ2) is 5.90. The van der Waals surface area contributed by atoms with E-state index < -0.39 is 16.1 Å². The minimum Gasteiger partial charge on any atom is -0.368 e. The summed E-state index contributed by atoms with van der Waals surface area (Å²) in [4.78, 5) is 12.1. The van der Waals surface area contributed by atoms with E-state index in [9.17, 15) is 13.2 Å². The van der Waals surface area contributed by atoms with Gasteiger partial charge in [-0.05, 0) is 31.0 Å². The van der Waals surface area contributed by atoms with Crippen LogP contribution in [0.4, 0.5) is 5.69 Å². The van der Waals surface area contributed by atoms with E-state index in [2.05, 4.69) is 5.32 Å². The summed E-state index contributed by atoms with van der Waals surface area (Å²) in [7, 11) is -0.573. The number of carbonyl (C=O) groups is 1. The quantitative estimate of drug-likeness (QED) is 0.901. The minimum atomic E-state index is -3.50. The van der Waals surface area contributed by atoms with E-state index in [0.717, 1.165) is 10.7 Å². The monoisotopic (exact) mass is 298 g/mol. The number of hydrogen-bond acceptors (Lipinski definition) is 4. The lowest BCUT2D eigenvalue weighted by Crippen LogP contribution is -2.27. The second-order valence-electron chi connectivity index (χ2n) is 4.81. The van der Waals surface area contributed by atoms with Crippen molar-refractivity contribution in [2.75, 3.05) is 26.0 Å². The summed E-state index contributed by atoms with van der Waals surface area (Å²) >= 11 is 0. The number of anilines is 1. The lowest BCUT2D eigenvalue weighted by atomic mass is 10.2. The number of nitrogens with zero attached hydrogens (tertiary/aromatic N) is 1. The Morgan fingerprint density at radius 3 is 2.75 bits per heavy atom. The van der Waals surface area contributed by atoms with Crippen LogP contribution in [0, 0.1) is 0 Å². The average molecular weight is 298 g/mol. The van der Waals surface area contributed by atoms with E-state index in [1.807, 2.05) is 0 Å². The average Bonchev–Trinajstić information content (AvgIpc) is 2.92. The van der Waals surface area contributed by atoms with Gasteiger partial charge < -0.3 is 10.1 Å². The van der Waals surface area contributed by atoms with Crippen molar-refractivity contribution in [2.24, 2.45) is 0 Å². The van der Waals surface area contributed by atoms with Crippen LogP contribution in [-0.2, 0) is 19.6 Å². The highest BCUT2D eigenvalue weighted by Crippen LogP contribution is 2.19. The van der Waals surface area contributed by atoms with Crippen LogP contribution >= 0.6 is 0 Å². The number of carbonyl (C=O) groups excluding carboxylic acids is 1. The van der Waals surface area contributed by atoms with Crippen molar-refractivity contribution in [1.29, 1.82) is 0 Å². The third kappa shape index (κ3) is 3.17. The van der Waals surface area contributed by atoms with Crippen molar-refractivity contribution < 1.29 is 17.9 Å². The van der Waals surface area contributed by atoms with Crippen LogP contribution in [0.15, 0.2) is 29.2 Å². The van der Waals surface area contributed by atoms with Crippen molar-refractivity contribution in [2.45, 2.75) is 23.8 Å². The molecule has 1 aliphatic heterocycles. The number of rotatable bonds is 4. The Morgan fingerprint density at radius 1 is 1.40 bits per heavy atom.